The lowest BCUT2D eigenvalue weighted by Gasteiger charge is -2.20. The van der Waals surface area contributed by atoms with Crippen LogP contribution >= 0.6 is 0 Å². The van der Waals surface area contributed by atoms with Crippen LogP contribution in [-0.4, -0.2) is 47.4 Å². The number of methoxy groups -OCH3 is 2. The molecule has 8 nitrogen and oxygen atoms in total. The number of hydrogen-bond donors (Lipinski definition) is 3. The molecule has 0 saturated heterocycles. The molecule has 0 unspecified atom stereocenters. The molecule has 0 spiro atoms. The van der Waals surface area contributed by atoms with Crippen molar-refractivity contribution < 1.29 is 14.6 Å². The van der Waals surface area contributed by atoms with Crippen LogP contribution < -0.4 is 20.1 Å². The Morgan fingerprint density at radius 1 is 1.17 bits per heavy atom. The monoisotopic (exact) mass is 393 g/mol. The van der Waals surface area contributed by atoms with Crippen LogP contribution in [-0.2, 0) is 5.41 Å². The number of benzene rings is 1. The van der Waals surface area contributed by atoms with E-state index in [1.807, 2.05) is 31.2 Å². The molecule has 1 aliphatic rings. The van der Waals surface area contributed by atoms with Crippen LogP contribution in [0.4, 0.5) is 17.5 Å². The lowest BCUT2D eigenvalue weighted by Crippen LogP contribution is -2.28. The van der Waals surface area contributed by atoms with Crippen molar-refractivity contribution in [1.29, 1.82) is 0 Å². The molecule has 29 heavy (non-hydrogen) atoms. The SMILES string of the molecule is COc1ccc(Nc2nccc(-c3cnc4c(c3)[C@](C)(CO)CN4)n2)c(OC)c1. The maximum Gasteiger partial charge on any atom is 0.227 e. The van der Waals surface area contributed by atoms with Crippen molar-refractivity contribution in [2.45, 2.75) is 12.3 Å². The van der Waals surface area contributed by atoms with Crippen molar-refractivity contribution in [1.82, 2.24) is 15.0 Å². The van der Waals surface area contributed by atoms with E-state index in [1.165, 1.54) is 0 Å². The zero-order chi connectivity index (χ0) is 20.4. The van der Waals surface area contributed by atoms with E-state index in [4.69, 9.17) is 9.47 Å². The summed E-state index contributed by atoms with van der Waals surface area (Å²) in [7, 11) is 3.20. The summed E-state index contributed by atoms with van der Waals surface area (Å²) in [6, 6.07) is 9.33. The summed E-state index contributed by atoms with van der Waals surface area (Å²) in [6.45, 7) is 2.72. The molecule has 8 heteroatoms. The summed E-state index contributed by atoms with van der Waals surface area (Å²) >= 11 is 0. The van der Waals surface area contributed by atoms with E-state index in [0.29, 0.717) is 24.0 Å². The van der Waals surface area contributed by atoms with E-state index in [1.54, 1.807) is 32.7 Å². The van der Waals surface area contributed by atoms with Crippen LogP contribution in [0.5, 0.6) is 11.5 Å². The number of aliphatic hydroxyl groups is 1. The second-order valence-corrected chi connectivity index (χ2v) is 7.15. The third kappa shape index (κ3) is 3.54. The fraction of sp³-hybridized carbons (Fsp3) is 0.286. The Labute approximate surface area is 169 Å². The Balaban J connectivity index is 1.65. The Morgan fingerprint density at radius 2 is 2.03 bits per heavy atom. The highest BCUT2D eigenvalue weighted by Crippen LogP contribution is 2.37. The summed E-state index contributed by atoms with van der Waals surface area (Å²) in [6.07, 6.45) is 3.46. The molecule has 0 saturated carbocycles. The molecule has 1 atom stereocenters. The molecule has 1 aromatic carbocycles. The van der Waals surface area contributed by atoms with Crippen LogP contribution in [0.1, 0.15) is 12.5 Å². The van der Waals surface area contributed by atoms with Gasteiger partial charge in [0.25, 0.3) is 0 Å². The van der Waals surface area contributed by atoms with Gasteiger partial charge >= 0.3 is 0 Å². The molecule has 0 aliphatic carbocycles. The summed E-state index contributed by atoms with van der Waals surface area (Å²) in [5.41, 5.74) is 2.96. The summed E-state index contributed by atoms with van der Waals surface area (Å²) in [5.74, 6) is 2.57. The molecule has 4 rings (SSSR count). The minimum Gasteiger partial charge on any atom is -0.497 e. The van der Waals surface area contributed by atoms with Crippen molar-refractivity contribution in [2.24, 2.45) is 0 Å². The van der Waals surface area contributed by atoms with Gasteiger partial charge in [0.1, 0.15) is 17.3 Å². The van der Waals surface area contributed by atoms with Gasteiger partial charge in [-0.1, -0.05) is 6.92 Å². The van der Waals surface area contributed by atoms with Crippen molar-refractivity contribution in [2.75, 3.05) is 38.0 Å². The highest BCUT2D eigenvalue weighted by Gasteiger charge is 2.35. The molecule has 3 heterocycles. The molecule has 3 aromatic rings. The first-order valence-electron chi connectivity index (χ1n) is 9.24. The van der Waals surface area contributed by atoms with Gasteiger partial charge in [-0.3, -0.25) is 0 Å². The molecule has 0 amide bonds. The third-order valence-electron chi connectivity index (χ3n) is 5.14. The topological polar surface area (TPSA) is 101 Å². The molecule has 2 aromatic heterocycles. The minimum absolute atomic E-state index is 0.0476. The summed E-state index contributed by atoms with van der Waals surface area (Å²) in [5, 5.41) is 16.2. The van der Waals surface area contributed by atoms with Crippen molar-refractivity contribution in [3.63, 3.8) is 0 Å². The lowest BCUT2D eigenvalue weighted by atomic mass is 9.85. The van der Waals surface area contributed by atoms with E-state index >= 15 is 0 Å². The average Bonchev–Trinajstić information content (AvgIpc) is 3.11. The first-order valence-corrected chi connectivity index (χ1v) is 9.24. The lowest BCUT2D eigenvalue weighted by molar-refractivity contribution is 0.218. The number of ether oxygens (including phenoxy) is 2. The van der Waals surface area contributed by atoms with Crippen molar-refractivity contribution in [3.8, 4) is 22.8 Å². The van der Waals surface area contributed by atoms with E-state index < -0.39 is 0 Å². The highest BCUT2D eigenvalue weighted by atomic mass is 16.5. The van der Waals surface area contributed by atoms with Crippen LogP contribution in [0.15, 0.2) is 42.7 Å². The van der Waals surface area contributed by atoms with Gasteiger partial charge in [-0.25, -0.2) is 15.0 Å². The zero-order valence-electron chi connectivity index (χ0n) is 16.6. The van der Waals surface area contributed by atoms with Gasteiger partial charge < -0.3 is 25.2 Å². The zero-order valence-corrected chi connectivity index (χ0v) is 16.6. The predicted molar refractivity (Wildman–Crippen MR) is 111 cm³/mol. The summed E-state index contributed by atoms with van der Waals surface area (Å²) in [4.78, 5) is 13.4. The third-order valence-corrected chi connectivity index (χ3v) is 5.14. The van der Waals surface area contributed by atoms with E-state index in [2.05, 4.69) is 25.6 Å². The fourth-order valence-electron chi connectivity index (χ4n) is 3.32. The molecular weight excluding hydrogens is 370 g/mol. The molecule has 1 aliphatic heterocycles. The second kappa shape index (κ2) is 7.56. The molecule has 0 fully saturated rings. The second-order valence-electron chi connectivity index (χ2n) is 7.15. The number of rotatable bonds is 6. The van der Waals surface area contributed by atoms with Crippen LogP contribution in [0.25, 0.3) is 11.3 Å². The van der Waals surface area contributed by atoms with E-state index in [0.717, 1.165) is 28.3 Å². The standard InChI is InChI=1S/C21H23N5O3/c1-21(12-27)11-24-19-15(21)8-13(10-23-19)16-6-7-22-20(25-16)26-17-5-4-14(28-2)9-18(17)29-3/h4-10,27H,11-12H2,1-3H3,(H,23,24)(H,22,25,26)/t21-/m0/s1. The fourth-order valence-corrected chi connectivity index (χ4v) is 3.32. The Kier molecular flexibility index (Phi) is 4.94. The molecule has 0 radical (unpaired) electrons. The van der Waals surface area contributed by atoms with E-state index in [-0.39, 0.29) is 12.0 Å². The maximum absolute atomic E-state index is 9.80. The van der Waals surface area contributed by atoms with Gasteiger partial charge in [-0.05, 0) is 24.3 Å². The van der Waals surface area contributed by atoms with Gasteiger partial charge in [0.15, 0.2) is 0 Å². The predicted octanol–water partition coefficient (Wildman–Crippen LogP) is 2.97. The van der Waals surface area contributed by atoms with Gasteiger partial charge in [0.2, 0.25) is 5.95 Å². The number of pyridine rings is 1. The normalized spacial score (nSPS) is 17.4. The number of anilines is 3. The van der Waals surface area contributed by atoms with Crippen LogP contribution in [0, 0.1) is 0 Å². The number of nitrogens with zero attached hydrogens (tertiary/aromatic N) is 3. The highest BCUT2D eigenvalue weighted by molar-refractivity contribution is 5.68. The smallest absolute Gasteiger partial charge is 0.227 e. The summed E-state index contributed by atoms with van der Waals surface area (Å²) < 4.78 is 10.7. The number of hydrogen-bond acceptors (Lipinski definition) is 8. The van der Waals surface area contributed by atoms with Crippen LogP contribution in [0.3, 0.4) is 0 Å². The van der Waals surface area contributed by atoms with Gasteiger partial charge in [-0.2, -0.15) is 0 Å². The Bertz CT molecular complexity index is 1040. The minimum atomic E-state index is -0.358. The average molecular weight is 393 g/mol. The first-order chi connectivity index (χ1) is 14.1. The Morgan fingerprint density at radius 3 is 2.79 bits per heavy atom. The van der Waals surface area contributed by atoms with Crippen LogP contribution in [0.2, 0.25) is 0 Å². The Hall–Kier alpha value is -3.39. The van der Waals surface area contributed by atoms with Gasteiger partial charge in [-0.15, -0.1) is 0 Å². The van der Waals surface area contributed by atoms with E-state index in [9.17, 15) is 5.11 Å². The largest absolute Gasteiger partial charge is 0.497 e. The van der Waals surface area contributed by atoms with Gasteiger partial charge in [0.05, 0.1) is 32.2 Å². The van der Waals surface area contributed by atoms with Crippen molar-refractivity contribution in [3.05, 3.63) is 48.3 Å². The number of aromatic nitrogens is 3. The van der Waals surface area contributed by atoms with Gasteiger partial charge in [0, 0.05) is 41.5 Å². The molecule has 0 bridgehead atoms. The number of aliphatic hydroxyl groups excluding tert-OH is 1. The maximum atomic E-state index is 9.80. The quantitative estimate of drug-likeness (QED) is 0.588. The molecular formula is C21H23N5O3. The van der Waals surface area contributed by atoms with Crippen molar-refractivity contribution >= 4 is 17.5 Å². The molecule has 3 N–H and O–H groups in total. The first kappa shape index (κ1) is 18.9. The molecule has 150 valence electrons. The number of fused-ring (bicyclic) bond motifs is 1. The number of nitrogens with one attached hydrogen (secondary N) is 2.